The van der Waals surface area contributed by atoms with E-state index in [0.29, 0.717) is 0 Å². The van der Waals surface area contributed by atoms with E-state index in [0.717, 1.165) is 33.5 Å². The maximum absolute atomic E-state index is 5.56. The van der Waals surface area contributed by atoms with Crippen LogP contribution in [0.5, 0.6) is 0 Å². The number of allylic oxidation sites excluding steroid dienone is 1. The van der Waals surface area contributed by atoms with E-state index < -0.39 is 0 Å². The van der Waals surface area contributed by atoms with Crippen LogP contribution in [0.15, 0.2) is 236 Å². The Morgan fingerprint density at radius 2 is 0.985 bits per heavy atom. The lowest BCUT2D eigenvalue weighted by atomic mass is 9.83. The van der Waals surface area contributed by atoms with Gasteiger partial charge in [-0.3, -0.25) is 9.56 Å². The van der Waals surface area contributed by atoms with Gasteiger partial charge in [-0.05, 0) is 148 Å². The molecule has 1 aliphatic rings. The molecule has 0 aliphatic carbocycles. The predicted molar refractivity (Wildman–Crippen MR) is 279 cm³/mol. The van der Waals surface area contributed by atoms with Crippen molar-refractivity contribution in [2.45, 2.75) is 13.0 Å². The van der Waals surface area contributed by atoms with Gasteiger partial charge < -0.3 is 0 Å². The molecule has 66 heavy (non-hydrogen) atoms. The quantitative estimate of drug-likeness (QED) is 0.153. The fourth-order valence-electron chi connectivity index (χ4n) is 10.6. The zero-order valence-corrected chi connectivity index (χ0v) is 36.4. The summed E-state index contributed by atoms with van der Waals surface area (Å²) >= 11 is 0. The molecule has 0 saturated heterocycles. The van der Waals surface area contributed by atoms with E-state index in [2.05, 4.69) is 230 Å². The van der Waals surface area contributed by atoms with E-state index in [4.69, 9.17) is 9.98 Å². The normalized spacial score (nSPS) is 15.1. The third-order valence-electron chi connectivity index (χ3n) is 13.9. The highest BCUT2D eigenvalue weighted by Crippen LogP contribution is 2.46. The Kier molecular flexibility index (Phi) is 8.89. The number of para-hydroxylation sites is 1. The number of hydrogen-bond acceptors (Lipinski definition) is 2. The first-order chi connectivity index (χ1) is 32.6. The summed E-state index contributed by atoms with van der Waals surface area (Å²) in [6.07, 6.45) is 6.42. The average molecular weight is 842 g/mol. The SMILES string of the molecule is CC1C=CC(c2ccc(-c3ccc4c(c3)c3cccnc3n4-c3ccccc3)cc2)=NC1c1ccc2c(-c3ccc4ccccc4c3)c3ccccc3c(-c3ccc4ccccc4c3)c2c1. The molecular weight excluding hydrogens is 799 g/mol. The summed E-state index contributed by atoms with van der Waals surface area (Å²) in [7, 11) is 0. The Labute approximate surface area is 383 Å². The van der Waals surface area contributed by atoms with Crippen LogP contribution in [0.2, 0.25) is 0 Å². The van der Waals surface area contributed by atoms with Crippen molar-refractivity contribution in [3.05, 3.63) is 242 Å². The molecule has 3 heteroatoms. The molecule has 2 unspecified atom stereocenters. The maximum atomic E-state index is 5.56. The molecule has 3 heterocycles. The third kappa shape index (κ3) is 6.27. The molecule has 3 nitrogen and oxygen atoms in total. The van der Waals surface area contributed by atoms with E-state index in [-0.39, 0.29) is 12.0 Å². The van der Waals surface area contributed by atoms with Crippen LogP contribution in [0.4, 0.5) is 0 Å². The molecule has 0 spiro atoms. The average Bonchev–Trinajstić information content (AvgIpc) is 3.71. The van der Waals surface area contributed by atoms with Gasteiger partial charge in [0.25, 0.3) is 0 Å². The van der Waals surface area contributed by atoms with Gasteiger partial charge >= 0.3 is 0 Å². The van der Waals surface area contributed by atoms with Gasteiger partial charge in [0.05, 0.1) is 17.3 Å². The summed E-state index contributed by atoms with van der Waals surface area (Å²) in [4.78, 5) is 10.4. The first-order valence-corrected chi connectivity index (χ1v) is 22.9. The minimum Gasteiger partial charge on any atom is -0.294 e. The highest BCUT2D eigenvalue weighted by Gasteiger charge is 2.24. The van der Waals surface area contributed by atoms with Gasteiger partial charge in [0, 0.05) is 28.6 Å². The molecule has 0 fully saturated rings. The summed E-state index contributed by atoms with van der Waals surface area (Å²) in [5.41, 5.74) is 13.9. The zero-order chi connectivity index (χ0) is 43.7. The molecule has 0 radical (unpaired) electrons. The predicted octanol–water partition coefficient (Wildman–Crippen LogP) is 16.5. The first-order valence-electron chi connectivity index (χ1n) is 22.9. The van der Waals surface area contributed by atoms with Crippen molar-refractivity contribution in [3.8, 4) is 39.1 Å². The van der Waals surface area contributed by atoms with Gasteiger partial charge in [0.2, 0.25) is 0 Å². The third-order valence-corrected chi connectivity index (χ3v) is 13.9. The Hall–Kier alpha value is -8.40. The summed E-state index contributed by atoms with van der Waals surface area (Å²) in [6, 6.07) is 77.6. The van der Waals surface area contributed by atoms with Crippen LogP contribution in [0.1, 0.15) is 24.1 Å². The lowest BCUT2D eigenvalue weighted by Gasteiger charge is -2.25. The van der Waals surface area contributed by atoms with Crippen LogP contribution >= 0.6 is 0 Å². The van der Waals surface area contributed by atoms with Gasteiger partial charge in [0.1, 0.15) is 5.65 Å². The fourth-order valence-corrected chi connectivity index (χ4v) is 10.6. The second-order valence-electron chi connectivity index (χ2n) is 17.8. The highest BCUT2D eigenvalue weighted by atomic mass is 15.0. The molecule has 0 saturated carbocycles. The van der Waals surface area contributed by atoms with Gasteiger partial charge in [-0.15, -0.1) is 0 Å². The molecule has 2 atom stereocenters. The monoisotopic (exact) mass is 841 g/mol. The van der Waals surface area contributed by atoms with Crippen LogP contribution in [0.3, 0.4) is 0 Å². The van der Waals surface area contributed by atoms with Crippen molar-refractivity contribution < 1.29 is 0 Å². The number of fused-ring (bicyclic) bond motifs is 7. The van der Waals surface area contributed by atoms with Gasteiger partial charge in [0.15, 0.2) is 0 Å². The van der Waals surface area contributed by atoms with Crippen molar-refractivity contribution >= 4 is 70.7 Å². The summed E-state index contributed by atoms with van der Waals surface area (Å²) < 4.78 is 2.26. The van der Waals surface area contributed by atoms with E-state index in [1.807, 2.05) is 12.3 Å². The van der Waals surface area contributed by atoms with Crippen molar-refractivity contribution in [2.24, 2.45) is 10.9 Å². The number of dihydropyridines is 1. The molecule has 10 aromatic carbocycles. The standard InChI is InChI=1S/C63H43N3/c1-40-21-33-58(44-26-22-43(23-27-44)47-31-34-59-56(38-47)55-20-11-35-64-63(55)66(59)51-16-3-2-4-17-51)65-62(40)50-30-32-54-57(39-50)61(49-29-25-42-13-6-8-15-46(42)37-49)53-19-10-9-18-52(53)60(54)48-28-24-41-12-5-7-14-45(41)36-48/h2-40,62H,1H3. The highest BCUT2D eigenvalue weighted by molar-refractivity contribution is 6.22. The lowest BCUT2D eigenvalue weighted by molar-refractivity contribution is 0.564. The van der Waals surface area contributed by atoms with Crippen LogP contribution in [0, 0.1) is 5.92 Å². The number of hydrogen-bond donors (Lipinski definition) is 0. The minimum atomic E-state index is -0.0490. The second-order valence-corrected chi connectivity index (χ2v) is 17.8. The van der Waals surface area contributed by atoms with Crippen molar-refractivity contribution in [3.63, 3.8) is 0 Å². The first kappa shape index (κ1) is 38.1. The maximum Gasteiger partial charge on any atom is 0.145 e. The number of aliphatic imine (C=N–C) groups is 1. The number of benzene rings is 10. The molecule has 0 N–H and O–H groups in total. The summed E-state index contributed by atoms with van der Waals surface area (Å²) in [5.74, 6) is 0.217. The van der Waals surface area contributed by atoms with Crippen LogP contribution in [0.25, 0.3) is 104 Å². The van der Waals surface area contributed by atoms with Gasteiger partial charge in [-0.2, -0.15) is 0 Å². The Balaban J connectivity index is 0.920. The van der Waals surface area contributed by atoms with Crippen molar-refractivity contribution in [1.82, 2.24) is 9.55 Å². The molecule has 0 bridgehead atoms. The largest absolute Gasteiger partial charge is 0.294 e. The molecule has 13 rings (SSSR count). The smallest absolute Gasteiger partial charge is 0.145 e. The number of aromatic nitrogens is 2. The molecule has 12 aromatic rings. The van der Waals surface area contributed by atoms with E-state index in [1.165, 1.54) is 87.4 Å². The van der Waals surface area contributed by atoms with Crippen molar-refractivity contribution in [2.75, 3.05) is 0 Å². The Morgan fingerprint density at radius 1 is 0.409 bits per heavy atom. The van der Waals surface area contributed by atoms with Crippen molar-refractivity contribution in [1.29, 1.82) is 0 Å². The Morgan fingerprint density at radius 3 is 1.70 bits per heavy atom. The second kappa shape index (κ2) is 15.4. The molecule has 1 aliphatic heterocycles. The van der Waals surface area contributed by atoms with E-state index in [9.17, 15) is 0 Å². The zero-order valence-electron chi connectivity index (χ0n) is 36.4. The number of nitrogens with zero attached hydrogens (tertiary/aromatic N) is 3. The minimum absolute atomic E-state index is 0.0490. The van der Waals surface area contributed by atoms with Crippen LogP contribution in [-0.2, 0) is 0 Å². The van der Waals surface area contributed by atoms with Gasteiger partial charge in [-0.1, -0.05) is 171 Å². The number of rotatable bonds is 6. The van der Waals surface area contributed by atoms with Crippen LogP contribution < -0.4 is 0 Å². The lowest BCUT2D eigenvalue weighted by Crippen LogP contribution is -2.14. The molecule has 0 amide bonds. The number of pyridine rings is 1. The van der Waals surface area contributed by atoms with Gasteiger partial charge in [-0.25, -0.2) is 4.98 Å². The molecule has 310 valence electrons. The topological polar surface area (TPSA) is 30.2 Å². The van der Waals surface area contributed by atoms with E-state index in [1.54, 1.807) is 0 Å². The summed E-state index contributed by atoms with van der Waals surface area (Å²) in [6.45, 7) is 2.29. The Bertz CT molecular complexity index is 3950. The fraction of sp³-hybridized carbons (Fsp3) is 0.0476. The molecule has 2 aromatic heterocycles. The van der Waals surface area contributed by atoms with Crippen LogP contribution in [-0.4, -0.2) is 15.3 Å². The summed E-state index contributed by atoms with van der Waals surface area (Å²) in [5, 5.41) is 12.3. The van der Waals surface area contributed by atoms with E-state index >= 15 is 0 Å². The molecular formula is C63H43N3.